The van der Waals surface area contributed by atoms with Crippen molar-refractivity contribution in [1.82, 2.24) is 5.32 Å². The highest BCUT2D eigenvalue weighted by Crippen LogP contribution is 2.13. The van der Waals surface area contributed by atoms with Crippen LogP contribution in [0.15, 0.2) is 24.3 Å². The van der Waals surface area contributed by atoms with Gasteiger partial charge in [-0.2, -0.15) is 0 Å². The van der Waals surface area contributed by atoms with Crippen LogP contribution in [-0.2, 0) is 9.53 Å². The van der Waals surface area contributed by atoms with Crippen LogP contribution in [0.5, 0.6) is 0 Å². The van der Waals surface area contributed by atoms with Crippen LogP contribution in [0.25, 0.3) is 0 Å². The number of rotatable bonds is 6. The molecular weight excluding hydrogens is 225 g/mol. The van der Waals surface area contributed by atoms with Gasteiger partial charge in [-0.1, -0.05) is 12.1 Å². The first kappa shape index (κ1) is 13.6. The quantitative estimate of drug-likeness (QED) is 0.793. The van der Waals surface area contributed by atoms with Gasteiger partial charge in [0, 0.05) is 13.2 Å². The molecule has 5 heteroatoms. The average Bonchev–Trinajstić information content (AvgIpc) is 2.29. The summed E-state index contributed by atoms with van der Waals surface area (Å²) in [7, 11) is 1.44. The third-order valence-corrected chi connectivity index (χ3v) is 2.45. The zero-order chi connectivity index (χ0) is 12.8. The number of halogens is 1. The van der Waals surface area contributed by atoms with E-state index in [0.29, 0.717) is 0 Å². The van der Waals surface area contributed by atoms with Gasteiger partial charge in [-0.05, 0) is 24.6 Å². The van der Waals surface area contributed by atoms with E-state index < -0.39 is 12.0 Å². The van der Waals surface area contributed by atoms with Crippen LogP contribution < -0.4 is 5.32 Å². The molecule has 0 saturated carbocycles. The van der Waals surface area contributed by atoms with Gasteiger partial charge in [-0.25, -0.2) is 4.39 Å². The van der Waals surface area contributed by atoms with Gasteiger partial charge in [-0.3, -0.25) is 10.1 Å². The Morgan fingerprint density at radius 3 is 2.53 bits per heavy atom. The lowest BCUT2D eigenvalue weighted by Crippen LogP contribution is -2.41. The van der Waals surface area contributed by atoms with Crippen molar-refractivity contribution in [2.24, 2.45) is 0 Å². The Kier molecular flexibility index (Phi) is 5.06. The van der Waals surface area contributed by atoms with E-state index in [-0.39, 0.29) is 18.5 Å². The third kappa shape index (κ3) is 4.13. The number of hydrogen-bond donors (Lipinski definition) is 2. The van der Waals surface area contributed by atoms with Crippen LogP contribution in [0, 0.1) is 5.82 Å². The maximum absolute atomic E-state index is 12.7. The maximum Gasteiger partial charge on any atom is 0.323 e. The first-order valence-corrected chi connectivity index (χ1v) is 5.28. The Bertz CT molecular complexity index is 367. The summed E-state index contributed by atoms with van der Waals surface area (Å²) in [5.74, 6) is -1.28. The minimum absolute atomic E-state index is 0.0842. The Balaban J connectivity index is 2.66. The van der Waals surface area contributed by atoms with E-state index in [0.717, 1.165) is 5.56 Å². The highest BCUT2D eigenvalue weighted by molar-refractivity contribution is 5.73. The summed E-state index contributed by atoms with van der Waals surface area (Å²) in [6.45, 7) is 1.90. The zero-order valence-corrected chi connectivity index (χ0v) is 9.81. The summed E-state index contributed by atoms with van der Waals surface area (Å²) in [6.07, 6.45) is 0. The minimum Gasteiger partial charge on any atom is -0.480 e. The summed E-state index contributed by atoms with van der Waals surface area (Å²) in [5, 5.41) is 11.8. The first-order chi connectivity index (χ1) is 8.04. The van der Waals surface area contributed by atoms with Crippen molar-refractivity contribution in [3.8, 4) is 0 Å². The largest absolute Gasteiger partial charge is 0.480 e. The van der Waals surface area contributed by atoms with Gasteiger partial charge in [0.15, 0.2) is 0 Å². The lowest BCUT2D eigenvalue weighted by Gasteiger charge is -2.19. The molecule has 0 spiro atoms. The van der Waals surface area contributed by atoms with Crippen LogP contribution in [-0.4, -0.2) is 30.8 Å². The van der Waals surface area contributed by atoms with Crippen molar-refractivity contribution >= 4 is 5.97 Å². The summed E-state index contributed by atoms with van der Waals surface area (Å²) in [4.78, 5) is 10.9. The van der Waals surface area contributed by atoms with E-state index in [1.165, 1.54) is 19.2 Å². The number of methoxy groups -OCH3 is 1. The Labute approximate surface area is 99.4 Å². The van der Waals surface area contributed by atoms with Crippen LogP contribution in [0.3, 0.4) is 0 Å². The molecule has 4 nitrogen and oxygen atoms in total. The number of aliphatic carboxylic acids is 1. The van der Waals surface area contributed by atoms with Gasteiger partial charge in [0.1, 0.15) is 11.9 Å². The summed E-state index contributed by atoms with van der Waals surface area (Å²) in [5.41, 5.74) is 0.828. The van der Waals surface area contributed by atoms with Gasteiger partial charge in [-0.15, -0.1) is 0 Å². The van der Waals surface area contributed by atoms with Gasteiger partial charge in [0.2, 0.25) is 0 Å². The molecule has 0 fully saturated rings. The van der Waals surface area contributed by atoms with Crippen molar-refractivity contribution in [1.29, 1.82) is 0 Å². The fourth-order valence-corrected chi connectivity index (χ4v) is 1.51. The summed E-state index contributed by atoms with van der Waals surface area (Å²) >= 11 is 0. The number of nitrogens with one attached hydrogen (secondary N) is 1. The lowest BCUT2D eigenvalue weighted by atomic mass is 10.1. The van der Waals surface area contributed by atoms with E-state index in [1.54, 1.807) is 12.1 Å². The second-order valence-electron chi connectivity index (χ2n) is 3.79. The average molecular weight is 241 g/mol. The molecule has 0 aliphatic rings. The highest BCUT2D eigenvalue weighted by Gasteiger charge is 2.19. The van der Waals surface area contributed by atoms with E-state index >= 15 is 0 Å². The second kappa shape index (κ2) is 6.32. The van der Waals surface area contributed by atoms with Gasteiger partial charge in [0.25, 0.3) is 0 Å². The molecule has 2 N–H and O–H groups in total. The van der Waals surface area contributed by atoms with Crippen molar-refractivity contribution in [3.63, 3.8) is 0 Å². The third-order valence-electron chi connectivity index (χ3n) is 2.45. The SMILES string of the molecule is COCC(NC(C)c1ccc(F)cc1)C(=O)O. The minimum atomic E-state index is -0.971. The highest BCUT2D eigenvalue weighted by atomic mass is 19.1. The molecule has 1 aromatic carbocycles. The molecule has 0 aliphatic carbocycles. The summed E-state index contributed by atoms with van der Waals surface area (Å²) < 4.78 is 17.5. The molecule has 0 saturated heterocycles. The molecule has 0 amide bonds. The fraction of sp³-hybridized carbons (Fsp3) is 0.417. The number of carbonyl (C=O) groups is 1. The first-order valence-electron chi connectivity index (χ1n) is 5.28. The van der Waals surface area contributed by atoms with E-state index in [4.69, 9.17) is 9.84 Å². The summed E-state index contributed by atoms with van der Waals surface area (Å²) in [6, 6.07) is 4.98. The van der Waals surface area contributed by atoms with Gasteiger partial charge >= 0.3 is 5.97 Å². The van der Waals surface area contributed by atoms with Crippen LogP contribution in [0.4, 0.5) is 4.39 Å². The topological polar surface area (TPSA) is 58.6 Å². The predicted octanol–water partition coefficient (Wildman–Crippen LogP) is 1.58. The van der Waals surface area contributed by atoms with Crippen molar-refractivity contribution in [2.75, 3.05) is 13.7 Å². The monoisotopic (exact) mass is 241 g/mol. The smallest absolute Gasteiger partial charge is 0.323 e. The molecule has 1 aromatic rings. The number of ether oxygens (including phenoxy) is 1. The molecule has 0 aliphatic heterocycles. The zero-order valence-electron chi connectivity index (χ0n) is 9.81. The molecule has 0 aromatic heterocycles. The molecule has 2 atom stereocenters. The van der Waals surface area contributed by atoms with Crippen LogP contribution in [0.2, 0.25) is 0 Å². The van der Waals surface area contributed by atoms with Crippen molar-refractivity contribution in [2.45, 2.75) is 19.0 Å². The Morgan fingerprint density at radius 2 is 2.06 bits per heavy atom. The van der Waals surface area contributed by atoms with E-state index in [1.807, 2.05) is 6.92 Å². The predicted molar refractivity (Wildman–Crippen MR) is 61.3 cm³/mol. The van der Waals surface area contributed by atoms with Crippen molar-refractivity contribution in [3.05, 3.63) is 35.6 Å². The number of carboxylic acids is 1. The van der Waals surface area contributed by atoms with E-state index in [9.17, 15) is 9.18 Å². The molecule has 0 bridgehead atoms. The maximum atomic E-state index is 12.7. The van der Waals surface area contributed by atoms with Crippen molar-refractivity contribution < 1.29 is 19.0 Å². The molecular formula is C12H16FNO3. The molecule has 1 rings (SSSR count). The molecule has 0 heterocycles. The van der Waals surface area contributed by atoms with Crippen LogP contribution in [0.1, 0.15) is 18.5 Å². The standard InChI is InChI=1S/C12H16FNO3/c1-8(9-3-5-10(13)6-4-9)14-11(7-17-2)12(15)16/h3-6,8,11,14H,7H2,1-2H3,(H,15,16). The molecule has 94 valence electrons. The second-order valence-corrected chi connectivity index (χ2v) is 3.79. The number of carboxylic acid groups (broad SMARTS) is 1. The van der Waals surface area contributed by atoms with Crippen LogP contribution >= 0.6 is 0 Å². The van der Waals surface area contributed by atoms with Gasteiger partial charge < -0.3 is 9.84 Å². The molecule has 0 radical (unpaired) electrons. The Morgan fingerprint density at radius 1 is 1.47 bits per heavy atom. The Hall–Kier alpha value is -1.46. The van der Waals surface area contributed by atoms with E-state index in [2.05, 4.69) is 5.32 Å². The van der Waals surface area contributed by atoms with Gasteiger partial charge in [0.05, 0.1) is 6.61 Å². The fourth-order valence-electron chi connectivity index (χ4n) is 1.51. The molecule has 17 heavy (non-hydrogen) atoms. The number of benzene rings is 1. The lowest BCUT2D eigenvalue weighted by molar-refractivity contribution is -0.141. The number of hydrogen-bond acceptors (Lipinski definition) is 3. The molecule has 2 unspecified atom stereocenters. The normalized spacial score (nSPS) is 14.3.